The molecule has 1 aliphatic heterocycles. The van der Waals surface area contributed by atoms with Gasteiger partial charge in [0.05, 0.1) is 0 Å². The van der Waals surface area contributed by atoms with E-state index in [-0.39, 0.29) is 12.0 Å². The Labute approximate surface area is 143 Å². The highest BCUT2D eigenvalue weighted by Gasteiger charge is 2.29. The maximum Gasteiger partial charge on any atom is 0.303 e. The summed E-state index contributed by atoms with van der Waals surface area (Å²) in [4.78, 5) is 10.6. The molecule has 1 aromatic heterocycles. The van der Waals surface area contributed by atoms with Gasteiger partial charge in [0.15, 0.2) is 4.67 Å². The van der Waals surface area contributed by atoms with E-state index in [9.17, 15) is 4.79 Å². The van der Waals surface area contributed by atoms with Gasteiger partial charge in [0, 0.05) is 22.9 Å². The fourth-order valence-corrected chi connectivity index (χ4v) is 3.77. The van der Waals surface area contributed by atoms with Gasteiger partial charge in [-0.25, -0.2) is 0 Å². The van der Waals surface area contributed by atoms with E-state index < -0.39 is 5.97 Å². The van der Waals surface area contributed by atoms with E-state index in [0.717, 1.165) is 52.6 Å². The van der Waals surface area contributed by atoms with E-state index in [1.165, 1.54) is 5.56 Å². The number of rotatable bonds is 5. The summed E-state index contributed by atoms with van der Waals surface area (Å²) in [5, 5.41) is 9.90. The molecule has 0 spiro atoms. The molecule has 124 valence electrons. The number of halogens is 1. The van der Waals surface area contributed by atoms with Gasteiger partial charge in [0.1, 0.15) is 16.9 Å². The van der Waals surface area contributed by atoms with Crippen LogP contribution >= 0.6 is 15.9 Å². The number of benzene rings is 1. The third-order valence-corrected chi connectivity index (χ3v) is 5.04. The maximum absolute atomic E-state index is 10.6. The lowest BCUT2D eigenvalue weighted by atomic mass is 9.91. The molecule has 1 aliphatic rings. The van der Waals surface area contributed by atoms with Gasteiger partial charge in [-0.2, -0.15) is 0 Å². The predicted molar refractivity (Wildman–Crippen MR) is 92.1 cm³/mol. The molecule has 4 nitrogen and oxygen atoms in total. The minimum Gasteiger partial charge on any atom is -0.488 e. The summed E-state index contributed by atoms with van der Waals surface area (Å²) in [5.41, 5.74) is 3.07. The van der Waals surface area contributed by atoms with Gasteiger partial charge in [0.2, 0.25) is 0 Å². The minimum atomic E-state index is -0.742. The Morgan fingerprint density at radius 2 is 2.13 bits per heavy atom. The van der Waals surface area contributed by atoms with Crippen molar-refractivity contribution >= 4 is 32.9 Å². The molecule has 0 saturated carbocycles. The summed E-state index contributed by atoms with van der Waals surface area (Å²) in [7, 11) is 0. The molecular formula is C18H21BrO4. The third kappa shape index (κ3) is 3.39. The SMILES string of the molecule is CC1(C)CCc2c(ccc3oc(Br)c(CCCCC(=O)O)c23)O1. The minimum absolute atomic E-state index is 0.136. The molecule has 1 aromatic carbocycles. The molecule has 0 atom stereocenters. The second-order valence-corrected chi connectivity index (χ2v) is 7.45. The van der Waals surface area contributed by atoms with Crippen molar-refractivity contribution in [3.63, 3.8) is 0 Å². The lowest BCUT2D eigenvalue weighted by Crippen LogP contribution is -2.32. The molecule has 0 aliphatic carbocycles. The Kier molecular flexibility index (Phi) is 4.41. The number of aliphatic carboxylic acids is 1. The van der Waals surface area contributed by atoms with Crippen LogP contribution < -0.4 is 4.74 Å². The topological polar surface area (TPSA) is 59.7 Å². The number of carbonyl (C=O) groups is 1. The van der Waals surface area contributed by atoms with Gasteiger partial charge in [-0.05, 0) is 74.0 Å². The highest BCUT2D eigenvalue weighted by atomic mass is 79.9. The molecule has 2 heterocycles. The Bertz CT molecular complexity index is 745. The summed E-state index contributed by atoms with van der Waals surface area (Å²) < 4.78 is 12.7. The van der Waals surface area contributed by atoms with Crippen LogP contribution in [0.25, 0.3) is 11.0 Å². The number of hydrogen-bond donors (Lipinski definition) is 1. The summed E-state index contributed by atoms with van der Waals surface area (Å²) in [6.45, 7) is 4.22. The number of furan rings is 1. The number of carboxylic acids is 1. The fourth-order valence-electron chi connectivity index (χ4n) is 3.20. The zero-order valence-corrected chi connectivity index (χ0v) is 15.0. The molecular weight excluding hydrogens is 360 g/mol. The van der Waals surface area contributed by atoms with Crippen molar-refractivity contribution in [3.8, 4) is 5.75 Å². The van der Waals surface area contributed by atoms with Crippen LogP contribution in [0.15, 0.2) is 21.2 Å². The van der Waals surface area contributed by atoms with Gasteiger partial charge in [-0.3, -0.25) is 4.79 Å². The number of carboxylic acid groups (broad SMARTS) is 1. The van der Waals surface area contributed by atoms with Gasteiger partial charge in [-0.15, -0.1) is 0 Å². The number of ether oxygens (including phenoxy) is 1. The Balaban J connectivity index is 1.92. The van der Waals surface area contributed by atoms with E-state index in [1.807, 2.05) is 12.1 Å². The molecule has 23 heavy (non-hydrogen) atoms. The molecule has 1 N–H and O–H groups in total. The van der Waals surface area contributed by atoms with E-state index in [1.54, 1.807) is 0 Å². The molecule has 0 radical (unpaired) electrons. The van der Waals surface area contributed by atoms with Gasteiger partial charge >= 0.3 is 5.97 Å². The second kappa shape index (κ2) is 6.19. The Morgan fingerprint density at radius 1 is 1.35 bits per heavy atom. The summed E-state index contributed by atoms with van der Waals surface area (Å²) in [5.74, 6) is 0.197. The Morgan fingerprint density at radius 3 is 2.87 bits per heavy atom. The lowest BCUT2D eigenvalue weighted by molar-refractivity contribution is -0.137. The monoisotopic (exact) mass is 380 g/mol. The average Bonchev–Trinajstić information content (AvgIpc) is 2.78. The van der Waals surface area contributed by atoms with Crippen LogP contribution in [0.2, 0.25) is 0 Å². The van der Waals surface area contributed by atoms with Gasteiger partial charge in [-0.1, -0.05) is 0 Å². The lowest BCUT2D eigenvalue weighted by Gasteiger charge is -2.32. The predicted octanol–water partition coefficient (Wildman–Crippen LogP) is 5.10. The first-order valence-electron chi connectivity index (χ1n) is 8.01. The van der Waals surface area contributed by atoms with E-state index in [2.05, 4.69) is 29.8 Å². The van der Waals surface area contributed by atoms with Crippen LogP contribution in [-0.2, 0) is 17.6 Å². The van der Waals surface area contributed by atoms with Gasteiger partial charge < -0.3 is 14.3 Å². The van der Waals surface area contributed by atoms with Crippen LogP contribution in [0, 0.1) is 0 Å². The fraction of sp³-hybridized carbons (Fsp3) is 0.500. The van der Waals surface area contributed by atoms with Crippen molar-refractivity contribution in [1.29, 1.82) is 0 Å². The molecule has 2 aromatic rings. The first kappa shape index (κ1) is 16.4. The highest BCUT2D eigenvalue weighted by Crippen LogP contribution is 2.42. The maximum atomic E-state index is 10.6. The summed E-state index contributed by atoms with van der Waals surface area (Å²) in [6, 6.07) is 3.95. The number of fused-ring (bicyclic) bond motifs is 3. The van der Waals surface area contributed by atoms with E-state index in [4.69, 9.17) is 14.3 Å². The highest BCUT2D eigenvalue weighted by molar-refractivity contribution is 9.10. The normalized spacial score (nSPS) is 16.1. The summed E-state index contributed by atoms with van der Waals surface area (Å²) in [6.07, 6.45) is 4.46. The van der Waals surface area contributed by atoms with E-state index >= 15 is 0 Å². The van der Waals surface area contributed by atoms with Crippen LogP contribution in [0.4, 0.5) is 0 Å². The van der Waals surface area contributed by atoms with Crippen molar-refractivity contribution in [2.75, 3.05) is 0 Å². The zero-order chi connectivity index (χ0) is 16.6. The van der Waals surface area contributed by atoms with Crippen molar-refractivity contribution < 1.29 is 19.1 Å². The molecule has 0 bridgehead atoms. The summed E-state index contributed by atoms with van der Waals surface area (Å²) >= 11 is 3.52. The average molecular weight is 381 g/mol. The first-order chi connectivity index (χ1) is 10.9. The van der Waals surface area contributed by atoms with Crippen molar-refractivity contribution in [2.24, 2.45) is 0 Å². The second-order valence-electron chi connectivity index (χ2n) is 6.73. The van der Waals surface area contributed by atoms with Crippen molar-refractivity contribution in [3.05, 3.63) is 27.9 Å². The number of aryl methyl sites for hydroxylation is 2. The van der Waals surface area contributed by atoms with Crippen LogP contribution in [0.1, 0.15) is 50.7 Å². The molecule has 0 saturated heterocycles. The molecule has 0 fully saturated rings. The number of unbranched alkanes of at least 4 members (excludes halogenated alkanes) is 1. The van der Waals surface area contributed by atoms with Crippen LogP contribution in [-0.4, -0.2) is 16.7 Å². The molecule has 0 amide bonds. The standard InChI is InChI=1S/C18H21BrO4/c1-18(2)10-9-11-13(23-18)7-8-14-16(11)12(17(19)22-14)5-3-4-6-15(20)21/h7-8H,3-6,9-10H2,1-2H3,(H,20,21). The molecule has 3 rings (SSSR count). The largest absolute Gasteiger partial charge is 0.488 e. The third-order valence-electron chi connectivity index (χ3n) is 4.40. The smallest absolute Gasteiger partial charge is 0.303 e. The van der Waals surface area contributed by atoms with Crippen LogP contribution in [0.3, 0.4) is 0 Å². The Hall–Kier alpha value is -1.49. The van der Waals surface area contributed by atoms with Crippen molar-refractivity contribution in [2.45, 2.75) is 58.0 Å². The van der Waals surface area contributed by atoms with Crippen molar-refractivity contribution in [1.82, 2.24) is 0 Å². The van der Waals surface area contributed by atoms with Gasteiger partial charge in [0.25, 0.3) is 0 Å². The first-order valence-corrected chi connectivity index (χ1v) is 8.80. The molecule has 0 unspecified atom stereocenters. The van der Waals surface area contributed by atoms with Crippen LogP contribution in [0.5, 0.6) is 5.75 Å². The molecule has 5 heteroatoms. The van der Waals surface area contributed by atoms with E-state index in [0.29, 0.717) is 6.42 Å². The zero-order valence-electron chi connectivity index (χ0n) is 13.4. The quantitative estimate of drug-likeness (QED) is 0.733. The number of hydrogen-bond acceptors (Lipinski definition) is 3.